The summed E-state index contributed by atoms with van der Waals surface area (Å²) in [5.41, 5.74) is -14.4. The molecule has 0 saturated heterocycles. The van der Waals surface area contributed by atoms with Gasteiger partial charge in [0.15, 0.2) is 0 Å². The predicted octanol–water partition coefficient (Wildman–Crippen LogP) is 18.2. The standard InChI is InChI=1S/6C17H27NO2/c6*1-18(2)13-16(17(19)11-5-4-6-12-17)14-7-9-15(20-3)10-8-14/h6*7-10,16,19H,4-6,11-13H2,1-3H3/i1D3,2D3,7D,8D,9D,10D,13D2,16D;1D3,7D,8D,9D,10D,13D2,16D;1D3,2D3,7D,8D,9D,10D,16D;7D,8D,9D,10D,13D2,16D;1D3,7D,8D,9D,10D,16D;7D,8D,9D,10D,16D. The molecule has 0 radical (unpaired) electrons. The van der Waals surface area contributed by atoms with Gasteiger partial charge < -0.3 is 88.5 Å². The van der Waals surface area contributed by atoms with Crippen LogP contribution in [0.2, 0.25) is 0 Å². The van der Waals surface area contributed by atoms with E-state index in [4.69, 9.17) is 95.6 Å². The Hall–Kier alpha value is -6.36. The number of benzene rings is 6. The first-order valence-corrected chi connectivity index (χ1v) is 40.7. The first-order valence-electron chi connectivity index (χ1n) is 67.7. The number of likely N-dealkylation sites (N-methyl/N-ethyl adjacent to an activating group) is 6. The fraction of sp³-hybridized carbons (Fsp3) is 0.647. The SMILES string of the molecule is [2H]c1c([2H])c(C([2H])(C2(O)CCCCC2)C([2H])([2H])N(C([2H])([2H])[2H])C([2H])([2H])[2H])c([2H])c([2H])c1OC.[2H]c1c([2H])c(C([2H])(C2(O)CCCCC2)C([2H])([2H])N(C)C([2H])([2H])[2H])c([2H])c([2H])c1OC.[2H]c1c([2H])c(C([2H])(C2(O)CCCCC2)C([2H])([2H])N(C)C)c([2H])c([2H])c1OC.[2H]c1c([2H])c(C([2H])(CN(C([2H])([2H])[2H])C([2H])([2H])[2H])C2(O)CCCCC2)c([2H])c([2H])c1OC.[2H]c1c([2H])c(C([2H])(CN(C)C([2H])([2H])[2H])C2(O)CCCCC2)c([2H])c([2H])c1OC.[2H]c1c([2H])c(C([2H])(CN(C)C)C2(O)CCCCC2)c([2H])c([2H])c1OC. The average Bonchev–Trinajstić information content (AvgIpc) is 0.673. The van der Waals surface area contributed by atoms with Gasteiger partial charge in [-0.1, -0.05) is 188 Å². The molecule has 0 bridgehead atoms. The molecule has 0 aromatic heterocycles. The molecule has 6 fully saturated rings. The van der Waals surface area contributed by atoms with E-state index >= 15 is 0 Å². The summed E-state index contributed by atoms with van der Waals surface area (Å²) in [4.78, 5) is 3.79. The minimum absolute atomic E-state index is 0.0257. The molecule has 0 amide bonds. The van der Waals surface area contributed by atoms with Crippen LogP contribution in [-0.2, 0) is 0 Å². The zero-order valence-electron chi connectivity index (χ0n) is 126. The van der Waals surface area contributed by atoms with Crippen molar-refractivity contribution in [1.29, 1.82) is 0 Å². The normalized spacial score (nSPS) is 28.9. The van der Waals surface area contributed by atoms with Gasteiger partial charge in [0.25, 0.3) is 0 Å². The molecule has 6 aromatic carbocycles. The summed E-state index contributed by atoms with van der Waals surface area (Å²) in [7, 11) is 15.8. The van der Waals surface area contributed by atoms with Gasteiger partial charge in [-0.2, -0.15) is 0 Å². The summed E-state index contributed by atoms with van der Waals surface area (Å²) >= 11 is 0. The Kier molecular flexibility index (Phi) is 19.9. The molecule has 0 spiro atoms. The fourth-order valence-electron chi connectivity index (χ4n) is 15.5. The predicted molar refractivity (Wildman–Crippen MR) is 494 cm³/mol. The highest BCUT2D eigenvalue weighted by Gasteiger charge is 2.45. The Morgan fingerprint density at radius 2 is 0.417 bits per heavy atom. The van der Waals surface area contributed by atoms with E-state index in [1.54, 1.807) is 19.0 Å². The van der Waals surface area contributed by atoms with E-state index < -0.39 is 297 Å². The lowest BCUT2D eigenvalue weighted by atomic mass is 9.72. The summed E-state index contributed by atoms with van der Waals surface area (Å²) in [5.74, 6) is -16.6. The van der Waals surface area contributed by atoms with Crippen molar-refractivity contribution in [2.45, 2.75) is 262 Å². The molecule has 12 rings (SSSR count). The summed E-state index contributed by atoms with van der Waals surface area (Å²) in [5, 5.41) is 68.7. The molecule has 0 aliphatic heterocycles. The van der Waals surface area contributed by atoms with Gasteiger partial charge in [0.05, 0.1) is 109 Å². The zero-order chi connectivity index (χ0) is 134. The monoisotopic (exact) mass is 1720 g/mol. The van der Waals surface area contributed by atoms with Crippen molar-refractivity contribution in [3.63, 3.8) is 0 Å². The Labute approximate surface area is 802 Å². The molecular weight excluding hydrogens is 1500 g/mol. The Morgan fingerprint density at radius 1 is 0.250 bits per heavy atom. The fourth-order valence-corrected chi connectivity index (χ4v) is 15.5. The highest BCUT2D eigenvalue weighted by Crippen LogP contribution is 2.47. The third-order valence-corrected chi connectivity index (χ3v) is 21.7. The smallest absolute Gasteiger partial charge is 0.118 e. The van der Waals surface area contributed by atoms with Crippen molar-refractivity contribution in [3.05, 3.63) is 178 Å². The van der Waals surface area contributed by atoms with E-state index in [1.165, 1.54) is 42.5 Å². The van der Waals surface area contributed by atoms with Crippen LogP contribution in [0.1, 0.15) is 335 Å². The maximum absolute atomic E-state index is 11.6. The van der Waals surface area contributed by atoms with Crippen molar-refractivity contribution in [2.75, 3.05) is 166 Å². The van der Waals surface area contributed by atoms with Crippen LogP contribution in [-0.4, -0.2) is 260 Å². The highest BCUT2D eigenvalue weighted by atomic mass is 16.5. The van der Waals surface area contributed by atoms with Gasteiger partial charge >= 0.3 is 0 Å². The van der Waals surface area contributed by atoms with Gasteiger partial charge in [-0.3, -0.25) is 0 Å². The van der Waals surface area contributed by atoms with Crippen molar-refractivity contribution < 1.29 is 133 Å². The van der Waals surface area contributed by atoms with Crippen LogP contribution >= 0.6 is 0 Å². The minimum atomic E-state index is -3.70. The van der Waals surface area contributed by atoms with Crippen LogP contribution < -0.4 is 28.4 Å². The first-order chi connectivity index (χ1) is 79.1. The minimum Gasteiger partial charge on any atom is -0.497 e. The lowest BCUT2D eigenvalue weighted by molar-refractivity contribution is -0.0280. The number of hydrogen-bond acceptors (Lipinski definition) is 18. The van der Waals surface area contributed by atoms with E-state index in [0.29, 0.717) is 88.4 Å². The maximum atomic E-state index is 11.6. The van der Waals surface area contributed by atoms with Crippen LogP contribution in [0.15, 0.2) is 145 Å². The molecule has 0 heterocycles. The first kappa shape index (κ1) is 47.8. The molecule has 120 heavy (non-hydrogen) atoms. The summed E-state index contributed by atoms with van der Waals surface area (Å²) in [6.07, 6.45) is 12.3. The molecule has 6 saturated carbocycles. The molecule has 18 nitrogen and oxygen atoms in total. The Morgan fingerprint density at radius 3 is 0.600 bits per heavy atom. The van der Waals surface area contributed by atoms with E-state index in [0.717, 1.165) is 83.1 Å². The second kappa shape index (κ2) is 50.0. The van der Waals surface area contributed by atoms with Crippen LogP contribution in [0.4, 0.5) is 0 Å². The molecule has 6 atom stereocenters. The van der Waals surface area contributed by atoms with E-state index in [-0.39, 0.29) is 140 Å². The number of ether oxygens (including phenoxy) is 6. The van der Waals surface area contributed by atoms with Crippen molar-refractivity contribution in [2.24, 2.45) is 0 Å². The van der Waals surface area contributed by atoms with Gasteiger partial charge in [0.2, 0.25) is 0 Å². The van der Waals surface area contributed by atoms with Gasteiger partial charge in [0, 0.05) is 116 Å². The third kappa shape index (κ3) is 31.1. The van der Waals surface area contributed by atoms with Gasteiger partial charge in [0.1, 0.15) is 34.5 Å². The van der Waals surface area contributed by atoms with Crippen molar-refractivity contribution >= 4 is 0 Å². The van der Waals surface area contributed by atoms with Gasteiger partial charge in [-0.25, -0.2) is 0 Å². The number of hydrogen-bond donors (Lipinski definition) is 6. The molecule has 672 valence electrons. The summed E-state index contributed by atoms with van der Waals surface area (Å²) in [6.45, 7) is -29.7. The number of methoxy groups -OCH3 is 6. The topological polar surface area (TPSA) is 196 Å². The second-order valence-electron chi connectivity index (χ2n) is 31.4. The molecule has 6 aliphatic carbocycles. The highest BCUT2D eigenvalue weighted by molar-refractivity contribution is 5.37. The summed E-state index contributed by atoms with van der Waals surface area (Å²) < 4.78 is 473. The quantitative estimate of drug-likeness (QED) is 0.0249. The van der Waals surface area contributed by atoms with Crippen LogP contribution in [0.3, 0.4) is 0 Å². The molecular formula is C102H162N6O12. The molecule has 6 unspecified atom stereocenters. The van der Waals surface area contributed by atoms with Gasteiger partial charge in [-0.05, 0) is 267 Å². The van der Waals surface area contributed by atoms with E-state index in [9.17, 15) is 37.5 Å². The number of aliphatic hydroxyl groups is 6. The average molecular weight is 1720 g/mol. The Balaban J connectivity index is 0.000000280. The number of rotatable bonds is 30. The largest absolute Gasteiger partial charge is 0.497 e. The molecule has 6 aromatic rings. The Bertz CT molecular complexity index is 6410. The van der Waals surface area contributed by atoms with E-state index in [2.05, 4.69) is 0 Å². The van der Waals surface area contributed by atoms with Crippen LogP contribution in [0.5, 0.6) is 34.5 Å². The maximum Gasteiger partial charge on any atom is 0.118 e. The number of nitrogens with zero attached hydrogens (tertiary/aromatic N) is 6. The second-order valence-corrected chi connectivity index (χ2v) is 31.4. The lowest BCUT2D eigenvalue weighted by Gasteiger charge is -2.40. The molecule has 6 N–H and O–H groups in total. The van der Waals surface area contributed by atoms with Crippen molar-refractivity contribution in [1.82, 2.24) is 29.4 Å². The van der Waals surface area contributed by atoms with Crippen molar-refractivity contribution in [3.8, 4) is 34.5 Å². The van der Waals surface area contributed by atoms with Crippen LogP contribution in [0, 0.1) is 0 Å². The van der Waals surface area contributed by atoms with Crippen LogP contribution in [0.25, 0.3) is 0 Å². The third-order valence-electron chi connectivity index (χ3n) is 21.7. The zero-order valence-corrected chi connectivity index (χ0v) is 71.7. The lowest BCUT2D eigenvalue weighted by Crippen LogP contribution is -2.42. The van der Waals surface area contributed by atoms with Gasteiger partial charge in [-0.15, -0.1) is 0 Å². The molecule has 6 aliphatic rings. The van der Waals surface area contributed by atoms with E-state index in [1.807, 2.05) is 0 Å². The molecule has 18 heteroatoms. The summed E-state index contributed by atoms with van der Waals surface area (Å²) in [6, 6.07) is -13.9.